The van der Waals surface area contributed by atoms with Gasteiger partial charge in [0.15, 0.2) is 0 Å². The first-order chi connectivity index (χ1) is 14.9. The number of nitrogens with zero attached hydrogens (tertiary/aromatic N) is 2. The maximum Gasteiger partial charge on any atom is 0.387 e. The molecule has 0 amide bonds. The molecule has 1 radical (unpaired) electrons. The Bertz CT molecular complexity index is 977. The van der Waals surface area contributed by atoms with Crippen LogP contribution in [-0.2, 0) is 0 Å². The lowest BCUT2D eigenvalue weighted by Crippen LogP contribution is -2.79. The molecule has 0 atom stereocenters. The summed E-state index contributed by atoms with van der Waals surface area (Å²) in [5, 5.41) is 3.66. The van der Waals surface area contributed by atoms with Gasteiger partial charge in [-0.15, -0.1) is 0 Å². The van der Waals surface area contributed by atoms with E-state index in [9.17, 15) is 0 Å². The largest absolute Gasteiger partial charge is 0.429 e. The van der Waals surface area contributed by atoms with E-state index in [2.05, 4.69) is 143 Å². The Hall–Kier alpha value is -3.37. The summed E-state index contributed by atoms with van der Waals surface area (Å²) in [6.45, 7) is 0.0150. The third kappa shape index (κ3) is 3.62. The maximum absolute atomic E-state index is 3.66. The monoisotopic (exact) mass is 384 g/mol. The van der Waals surface area contributed by atoms with E-state index in [1.54, 1.807) is 0 Å². The second-order valence-electron chi connectivity index (χ2n) is 7.38. The Kier molecular flexibility index (Phi) is 5.32. The zero-order valence-electron chi connectivity index (χ0n) is 16.7. The van der Waals surface area contributed by atoms with Crippen molar-refractivity contribution >= 4 is 43.8 Å². The van der Waals surface area contributed by atoms with Gasteiger partial charge >= 0.3 is 21.5 Å². The van der Waals surface area contributed by atoms with Crippen molar-refractivity contribution < 1.29 is 0 Å². The van der Waals surface area contributed by atoms with Gasteiger partial charge in [0.1, 0.15) is 0 Å². The van der Waals surface area contributed by atoms with Gasteiger partial charge < -0.3 is 14.6 Å². The maximum atomic E-state index is 3.66. The van der Waals surface area contributed by atoms with Gasteiger partial charge in [-0.25, -0.2) is 0 Å². The zero-order chi connectivity index (χ0) is 20.2. The number of anilines is 2. The van der Waals surface area contributed by atoms with Crippen LogP contribution in [-0.4, -0.2) is 21.5 Å². The predicted octanol–water partition coefficient (Wildman–Crippen LogP) is 2.93. The van der Waals surface area contributed by atoms with Crippen LogP contribution in [0.25, 0.3) is 0 Å². The average Bonchev–Trinajstić information content (AvgIpc) is 2.85. The molecule has 4 aromatic rings. The first-order valence-corrected chi connectivity index (χ1v) is 10.3. The molecule has 6 heteroatoms. The molecule has 0 unspecified atom stereocenters. The highest BCUT2D eigenvalue weighted by molar-refractivity contribution is 7.04. The number of rotatable bonds is 4. The zero-order valence-corrected chi connectivity index (χ0v) is 16.7. The number of hydrogen-bond donors (Lipinski definition) is 1. The van der Waals surface area contributed by atoms with Crippen molar-refractivity contribution in [1.29, 1.82) is 0 Å². The molecule has 1 heterocycles. The topological polar surface area (TPSA) is 18.5 Å². The summed E-state index contributed by atoms with van der Waals surface area (Å²) < 4.78 is 4.76. The lowest BCUT2D eigenvalue weighted by atomic mass is 9.45. The van der Waals surface area contributed by atoms with Crippen LogP contribution in [0.3, 0.4) is 0 Å². The summed E-state index contributed by atoms with van der Waals surface area (Å²) in [7, 11) is 2.12. The SMILES string of the molecule is [B]1NB(c2ccccc2)N(c2ccccc2)B(c2ccccc2)N1c1ccccc1. The summed E-state index contributed by atoms with van der Waals surface area (Å²) in [5.74, 6) is 0. The highest BCUT2D eigenvalue weighted by Gasteiger charge is 2.44. The van der Waals surface area contributed by atoms with Gasteiger partial charge in [-0.1, -0.05) is 97.1 Å². The van der Waals surface area contributed by atoms with Crippen LogP contribution in [0.2, 0.25) is 0 Å². The van der Waals surface area contributed by atoms with Crippen LogP contribution in [0.15, 0.2) is 121 Å². The molecule has 1 aliphatic heterocycles. The molecule has 4 aromatic carbocycles. The lowest BCUT2D eigenvalue weighted by molar-refractivity contribution is 1.29. The highest BCUT2D eigenvalue weighted by Crippen LogP contribution is 2.24. The van der Waals surface area contributed by atoms with Crippen molar-refractivity contribution in [3.05, 3.63) is 121 Å². The van der Waals surface area contributed by atoms with Crippen LogP contribution in [0.5, 0.6) is 0 Å². The number of hydrogen-bond acceptors (Lipinski definition) is 3. The summed E-state index contributed by atoms with van der Waals surface area (Å²) >= 11 is 0. The Morgan fingerprint density at radius 2 is 1.00 bits per heavy atom. The molecule has 5 rings (SSSR count). The van der Waals surface area contributed by atoms with Crippen molar-refractivity contribution in [2.45, 2.75) is 0 Å². The Labute approximate surface area is 179 Å². The van der Waals surface area contributed by atoms with E-state index in [-0.39, 0.29) is 14.0 Å². The van der Waals surface area contributed by atoms with Crippen molar-refractivity contribution in [3.8, 4) is 0 Å². The van der Waals surface area contributed by atoms with Gasteiger partial charge in [-0.3, -0.25) is 0 Å². The fourth-order valence-electron chi connectivity index (χ4n) is 4.12. The van der Waals surface area contributed by atoms with E-state index >= 15 is 0 Å². The van der Waals surface area contributed by atoms with Crippen molar-refractivity contribution in [3.63, 3.8) is 0 Å². The minimum Gasteiger partial charge on any atom is -0.429 e. The summed E-state index contributed by atoms with van der Waals surface area (Å²) in [5.41, 5.74) is 4.78. The van der Waals surface area contributed by atoms with Crippen LogP contribution >= 0.6 is 0 Å². The van der Waals surface area contributed by atoms with Gasteiger partial charge in [0.05, 0.1) is 0 Å². The highest BCUT2D eigenvalue weighted by atomic mass is 15.2. The molecular formula is C24H21B3N3. The Morgan fingerprint density at radius 3 is 1.57 bits per heavy atom. The Morgan fingerprint density at radius 1 is 0.533 bits per heavy atom. The third-order valence-corrected chi connectivity index (χ3v) is 5.50. The standard InChI is InChI=1S/C24H21B3N3/c1-5-13-21(14-6-1)26-28-25-29(23-17-9-3-10-18-23)27(22-15-7-2-8-16-22)30(26)24-19-11-4-12-20-24/h1-20,28H. The smallest absolute Gasteiger partial charge is 0.387 e. The third-order valence-electron chi connectivity index (χ3n) is 5.50. The minimum atomic E-state index is 0.00227. The first kappa shape index (κ1) is 18.7. The second-order valence-corrected chi connectivity index (χ2v) is 7.38. The predicted molar refractivity (Wildman–Crippen MR) is 130 cm³/mol. The Balaban J connectivity index is 1.68. The molecule has 1 saturated heterocycles. The van der Waals surface area contributed by atoms with E-state index in [0.29, 0.717) is 0 Å². The van der Waals surface area contributed by atoms with Gasteiger partial charge in [0.2, 0.25) is 0 Å². The van der Waals surface area contributed by atoms with Gasteiger partial charge in [-0.2, -0.15) is 0 Å². The number of nitrogens with one attached hydrogen (secondary N) is 1. The van der Waals surface area contributed by atoms with Gasteiger partial charge in [0, 0.05) is 11.4 Å². The van der Waals surface area contributed by atoms with Crippen LogP contribution in [0, 0.1) is 0 Å². The molecule has 0 bridgehead atoms. The molecule has 0 aromatic heterocycles. The lowest BCUT2D eigenvalue weighted by Gasteiger charge is -2.47. The van der Waals surface area contributed by atoms with E-state index in [1.807, 2.05) is 0 Å². The van der Waals surface area contributed by atoms with Gasteiger partial charge in [0.25, 0.3) is 0 Å². The van der Waals surface area contributed by atoms with Crippen LogP contribution in [0.4, 0.5) is 11.4 Å². The summed E-state index contributed by atoms with van der Waals surface area (Å²) in [6, 6.07) is 42.5. The van der Waals surface area contributed by atoms with Crippen molar-refractivity contribution in [2.75, 3.05) is 9.44 Å². The minimum absolute atomic E-state index is 0.00227. The van der Waals surface area contributed by atoms with E-state index in [1.165, 1.54) is 16.6 Å². The molecule has 30 heavy (non-hydrogen) atoms. The van der Waals surface area contributed by atoms with E-state index in [4.69, 9.17) is 0 Å². The first-order valence-electron chi connectivity index (χ1n) is 10.3. The van der Waals surface area contributed by atoms with E-state index < -0.39 is 0 Å². The van der Waals surface area contributed by atoms with Crippen molar-refractivity contribution in [1.82, 2.24) is 5.14 Å². The van der Waals surface area contributed by atoms with Crippen LogP contribution < -0.4 is 25.5 Å². The fourth-order valence-corrected chi connectivity index (χ4v) is 4.12. The average molecular weight is 384 g/mol. The molecule has 3 nitrogen and oxygen atoms in total. The second kappa shape index (κ2) is 8.56. The van der Waals surface area contributed by atoms with Gasteiger partial charge in [-0.05, 0) is 35.2 Å². The van der Waals surface area contributed by atoms with E-state index in [0.717, 1.165) is 5.69 Å². The molecule has 1 aliphatic rings. The molecule has 141 valence electrons. The molecule has 0 saturated carbocycles. The normalized spacial score (nSPS) is 13.9. The fraction of sp³-hybridized carbons (Fsp3) is 0. The number of para-hydroxylation sites is 2. The molecule has 0 aliphatic carbocycles. The number of benzene rings is 4. The molecule has 0 spiro atoms. The quantitative estimate of drug-likeness (QED) is 0.547. The molecule has 1 fully saturated rings. The van der Waals surface area contributed by atoms with Crippen molar-refractivity contribution in [2.24, 2.45) is 0 Å². The molecular weight excluding hydrogens is 363 g/mol. The summed E-state index contributed by atoms with van der Waals surface area (Å²) in [6.07, 6.45) is 0. The molecule has 1 N–H and O–H groups in total. The van der Waals surface area contributed by atoms with Crippen LogP contribution in [0.1, 0.15) is 0 Å². The summed E-state index contributed by atoms with van der Waals surface area (Å²) in [4.78, 5) is 0.